The summed E-state index contributed by atoms with van der Waals surface area (Å²) in [6.07, 6.45) is 0.901. The molecule has 1 aromatic carbocycles. The summed E-state index contributed by atoms with van der Waals surface area (Å²) in [6.45, 7) is 2.33. The van der Waals surface area contributed by atoms with Crippen molar-refractivity contribution in [2.24, 2.45) is 0 Å². The average Bonchev–Trinajstić information content (AvgIpc) is 3.13. The topological polar surface area (TPSA) is 77.9 Å². The fraction of sp³-hybridized carbons (Fsp3) is 0.353. The first-order valence-electron chi connectivity index (χ1n) is 8.26. The second-order valence-electron chi connectivity index (χ2n) is 6.14. The molecule has 1 aromatic heterocycles. The molecule has 1 aliphatic heterocycles. The van der Waals surface area contributed by atoms with Gasteiger partial charge in [-0.2, -0.15) is 4.31 Å². The van der Waals surface area contributed by atoms with Gasteiger partial charge in [-0.05, 0) is 30.0 Å². The molecule has 1 saturated heterocycles. The third-order valence-corrected chi connectivity index (χ3v) is 7.62. The summed E-state index contributed by atoms with van der Waals surface area (Å²) < 4.78 is 41.0. The minimum Gasteiger partial charge on any atom is -0.478 e. The Bertz CT molecular complexity index is 927. The number of carbonyl (C=O) groups is 1. The van der Waals surface area contributed by atoms with Gasteiger partial charge in [0, 0.05) is 37.6 Å². The molecule has 2 aromatic rings. The van der Waals surface area contributed by atoms with E-state index in [1.807, 2.05) is 11.4 Å². The number of nitrogens with zero attached hydrogens (tertiary/aromatic N) is 2. The number of aromatic carboxylic acids is 1. The normalized spacial score (nSPS) is 16.5. The molecule has 0 unspecified atom stereocenters. The summed E-state index contributed by atoms with van der Waals surface area (Å²) in [5.41, 5.74) is -0.439. The molecule has 6 nitrogen and oxygen atoms in total. The molecule has 0 atom stereocenters. The zero-order chi connectivity index (χ0) is 19.6. The maximum atomic E-state index is 14.2. The van der Waals surface area contributed by atoms with Crippen LogP contribution in [0.3, 0.4) is 0 Å². The molecule has 0 amide bonds. The van der Waals surface area contributed by atoms with Crippen LogP contribution in [-0.2, 0) is 16.4 Å². The van der Waals surface area contributed by atoms with Crippen molar-refractivity contribution in [3.05, 3.63) is 50.9 Å². The number of rotatable bonds is 6. The number of benzene rings is 1. The Hall–Kier alpha value is -1.52. The molecule has 2 heterocycles. The van der Waals surface area contributed by atoms with Crippen molar-refractivity contribution >= 4 is 38.9 Å². The first-order valence-corrected chi connectivity index (χ1v) is 11.0. The molecule has 1 aliphatic rings. The van der Waals surface area contributed by atoms with E-state index in [0.717, 1.165) is 25.1 Å². The van der Waals surface area contributed by atoms with Gasteiger partial charge in [-0.15, -0.1) is 11.3 Å². The Balaban J connectivity index is 1.70. The molecule has 0 aliphatic carbocycles. The van der Waals surface area contributed by atoms with Gasteiger partial charge in [-0.1, -0.05) is 17.7 Å². The van der Waals surface area contributed by atoms with Gasteiger partial charge in [0.2, 0.25) is 10.0 Å². The second kappa shape index (κ2) is 8.24. The predicted octanol–water partition coefficient (Wildman–Crippen LogP) is 2.79. The number of sulfonamides is 1. The highest BCUT2D eigenvalue weighted by molar-refractivity contribution is 7.89. The van der Waals surface area contributed by atoms with Gasteiger partial charge in [0.25, 0.3) is 0 Å². The van der Waals surface area contributed by atoms with Crippen molar-refractivity contribution in [1.29, 1.82) is 0 Å². The molecule has 1 N–H and O–H groups in total. The van der Waals surface area contributed by atoms with E-state index in [2.05, 4.69) is 11.0 Å². The third kappa shape index (κ3) is 4.49. The van der Waals surface area contributed by atoms with Crippen LogP contribution in [0.5, 0.6) is 0 Å². The van der Waals surface area contributed by atoms with Crippen LogP contribution >= 0.6 is 22.9 Å². The van der Waals surface area contributed by atoms with E-state index in [0.29, 0.717) is 13.1 Å². The minimum absolute atomic E-state index is 0.219. The highest BCUT2D eigenvalue weighted by Gasteiger charge is 2.32. The van der Waals surface area contributed by atoms with Crippen molar-refractivity contribution in [3.8, 4) is 0 Å². The smallest absolute Gasteiger partial charge is 0.337 e. The lowest BCUT2D eigenvalue weighted by atomic mass is 10.2. The van der Waals surface area contributed by atoms with E-state index in [1.165, 1.54) is 9.18 Å². The van der Waals surface area contributed by atoms with Gasteiger partial charge in [-0.25, -0.2) is 17.6 Å². The molecule has 0 saturated carbocycles. The fourth-order valence-corrected chi connectivity index (χ4v) is 5.37. The zero-order valence-electron chi connectivity index (χ0n) is 14.3. The van der Waals surface area contributed by atoms with E-state index < -0.39 is 32.3 Å². The Morgan fingerprint density at radius 1 is 1.26 bits per heavy atom. The quantitative estimate of drug-likeness (QED) is 0.759. The first kappa shape index (κ1) is 20.2. The maximum Gasteiger partial charge on any atom is 0.337 e. The van der Waals surface area contributed by atoms with Crippen LogP contribution in [-0.4, -0.2) is 61.4 Å². The molecule has 0 bridgehead atoms. The summed E-state index contributed by atoms with van der Waals surface area (Å²) in [6, 6.07) is 5.58. The van der Waals surface area contributed by atoms with Crippen LogP contribution in [0.25, 0.3) is 0 Å². The highest BCUT2D eigenvalue weighted by Crippen LogP contribution is 2.27. The summed E-state index contributed by atoms with van der Waals surface area (Å²) in [5.74, 6) is -2.46. The summed E-state index contributed by atoms with van der Waals surface area (Å²) >= 11 is 7.38. The number of carboxylic acids is 1. The largest absolute Gasteiger partial charge is 0.478 e. The highest BCUT2D eigenvalue weighted by atomic mass is 35.5. The SMILES string of the molecule is O=C(O)c1cc(S(=O)(=O)N2CCN(CCc3cccs3)CC2)c(F)cc1Cl. The molecular formula is C17H18ClFN2O4S2. The number of hydrogen-bond donors (Lipinski definition) is 1. The summed E-state index contributed by atoms with van der Waals surface area (Å²) in [5, 5.41) is 10.8. The number of halogens is 2. The van der Waals surface area contributed by atoms with E-state index in [9.17, 15) is 17.6 Å². The van der Waals surface area contributed by atoms with Gasteiger partial charge >= 0.3 is 5.97 Å². The Labute approximate surface area is 165 Å². The van der Waals surface area contributed by atoms with Crippen LogP contribution in [0.1, 0.15) is 15.2 Å². The van der Waals surface area contributed by atoms with E-state index in [-0.39, 0.29) is 18.1 Å². The fourth-order valence-electron chi connectivity index (χ4n) is 2.95. The van der Waals surface area contributed by atoms with Crippen LogP contribution in [0.2, 0.25) is 5.02 Å². The third-order valence-electron chi connectivity index (χ3n) is 4.46. The van der Waals surface area contributed by atoms with E-state index >= 15 is 0 Å². The van der Waals surface area contributed by atoms with Crippen LogP contribution in [0.15, 0.2) is 34.5 Å². The van der Waals surface area contributed by atoms with Gasteiger partial charge in [0.15, 0.2) is 0 Å². The Morgan fingerprint density at radius 2 is 1.96 bits per heavy atom. The van der Waals surface area contributed by atoms with Gasteiger partial charge in [0.1, 0.15) is 10.7 Å². The monoisotopic (exact) mass is 432 g/mol. The number of thiophene rings is 1. The van der Waals surface area contributed by atoms with Crippen LogP contribution < -0.4 is 0 Å². The van der Waals surface area contributed by atoms with Gasteiger partial charge in [0.05, 0.1) is 10.6 Å². The average molecular weight is 433 g/mol. The molecule has 10 heteroatoms. The van der Waals surface area contributed by atoms with Crippen LogP contribution in [0.4, 0.5) is 4.39 Å². The van der Waals surface area contributed by atoms with Crippen molar-refractivity contribution in [3.63, 3.8) is 0 Å². The lowest BCUT2D eigenvalue weighted by molar-refractivity contribution is 0.0696. The second-order valence-corrected chi connectivity index (χ2v) is 9.49. The Kier molecular flexibility index (Phi) is 6.17. The number of carboxylic acid groups (broad SMARTS) is 1. The van der Waals surface area contributed by atoms with Crippen molar-refractivity contribution in [1.82, 2.24) is 9.21 Å². The zero-order valence-corrected chi connectivity index (χ0v) is 16.7. The van der Waals surface area contributed by atoms with Crippen molar-refractivity contribution < 1.29 is 22.7 Å². The molecule has 3 rings (SSSR count). The molecule has 1 fully saturated rings. The predicted molar refractivity (Wildman–Crippen MR) is 102 cm³/mol. The summed E-state index contributed by atoms with van der Waals surface area (Å²) in [7, 11) is -4.14. The molecule has 0 radical (unpaired) electrons. The first-order chi connectivity index (χ1) is 12.8. The molecule has 146 valence electrons. The Morgan fingerprint density at radius 3 is 2.56 bits per heavy atom. The number of piperazine rings is 1. The molecule has 0 spiro atoms. The standard InChI is InChI=1S/C17H18ClFN2O4S2/c18-14-11-15(19)16(10-13(14)17(22)23)27(24,25)21-7-5-20(6-8-21)4-3-12-2-1-9-26-12/h1-2,9-11H,3-8H2,(H,22,23). The number of hydrogen-bond acceptors (Lipinski definition) is 5. The molecule has 27 heavy (non-hydrogen) atoms. The van der Waals surface area contributed by atoms with Crippen molar-refractivity contribution in [2.75, 3.05) is 32.7 Å². The lowest BCUT2D eigenvalue weighted by Gasteiger charge is -2.34. The van der Waals surface area contributed by atoms with Gasteiger partial charge < -0.3 is 10.0 Å². The lowest BCUT2D eigenvalue weighted by Crippen LogP contribution is -2.49. The van der Waals surface area contributed by atoms with Crippen LogP contribution in [0, 0.1) is 5.82 Å². The van der Waals surface area contributed by atoms with E-state index in [4.69, 9.17) is 16.7 Å². The maximum absolute atomic E-state index is 14.2. The van der Waals surface area contributed by atoms with E-state index in [1.54, 1.807) is 11.3 Å². The van der Waals surface area contributed by atoms with Crippen molar-refractivity contribution in [2.45, 2.75) is 11.3 Å². The van der Waals surface area contributed by atoms with Gasteiger partial charge in [-0.3, -0.25) is 0 Å². The molecular weight excluding hydrogens is 415 g/mol. The summed E-state index contributed by atoms with van der Waals surface area (Å²) in [4.78, 5) is 14.0. The minimum atomic E-state index is -4.14.